The summed E-state index contributed by atoms with van der Waals surface area (Å²) in [6.45, 7) is 3.76. The molecular weight excluding hydrogens is 333 g/mol. The maximum Gasteiger partial charge on any atom is 0.272 e. The minimum absolute atomic E-state index is 0.229. The molecule has 130 valence electrons. The Kier molecular flexibility index (Phi) is 3.84. The first-order valence-electron chi connectivity index (χ1n) is 8.21. The minimum Gasteiger partial charge on any atom is -0.267 e. The van der Waals surface area contributed by atoms with Gasteiger partial charge in [0.05, 0.1) is 22.7 Å². The van der Waals surface area contributed by atoms with Gasteiger partial charge in [-0.15, -0.1) is 0 Å². The van der Waals surface area contributed by atoms with Crippen LogP contribution in [0.15, 0.2) is 53.3 Å². The van der Waals surface area contributed by atoms with Crippen LogP contribution in [0.3, 0.4) is 0 Å². The maximum atomic E-state index is 13.3. The molecule has 0 aliphatic rings. The third-order valence-corrected chi connectivity index (χ3v) is 4.33. The van der Waals surface area contributed by atoms with Crippen LogP contribution >= 0.6 is 0 Å². The number of H-pyrrole nitrogens is 1. The van der Waals surface area contributed by atoms with Crippen molar-refractivity contribution in [2.45, 2.75) is 19.8 Å². The molecule has 1 N–H and O–H groups in total. The van der Waals surface area contributed by atoms with Gasteiger partial charge in [-0.05, 0) is 44.2 Å². The van der Waals surface area contributed by atoms with E-state index in [2.05, 4.69) is 20.3 Å². The van der Waals surface area contributed by atoms with Gasteiger partial charge in [-0.25, -0.2) is 19.2 Å². The Morgan fingerprint density at radius 1 is 1.08 bits per heavy atom. The average Bonchev–Trinajstić information content (AvgIpc) is 3.04. The fraction of sp³-hybridized carbons (Fsp3) is 0.158. The fourth-order valence-electron chi connectivity index (χ4n) is 3.07. The van der Waals surface area contributed by atoms with E-state index in [-0.39, 0.29) is 17.3 Å². The normalized spacial score (nSPS) is 12.4. The third-order valence-electron chi connectivity index (χ3n) is 4.33. The highest BCUT2D eigenvalue weighted by Gasteiger charge is 2.22. The minimum atomic E-state index is -0.312. The molecule has 2 aromatic carbocycles. The van der Waals surface area contributed by atoms with Gasteiger partial charge in [-0.2, -0.15) is 10.2 Å². The number of halogens is 1. The van der Waals surface area contributed by atoms with Crippen LogP contribution in [0.2, 0.25) is 0 Å². The van der Waals surface area contributed by atoms with E-state index in [1.54, 1.807) is 29.8 Å². The first-order chi connectivity index (χ1) is 12.5. The molecule has 0 fully saturated rings. The van der Waals surface area contributed by atoms with Gasteiger partial charge in [0.1, 0.15) is 17.5 Å². The van der Waals surface area contributed by atoms with Crippen molar-refractivity contribution >= 4 is 10.8 Å². The lowest BCUT2D eigenvalue weighted by atomic mass is 10.0. The van der Waals surface area contributed by atoms with Crippen molar-refractivity contribution in [3.05, 3.63) is 82.0 Å². The van der Waals surface area contributed by atoms with Gasteiger partial charge in [0.25, 0.3) is 5.56 Å². The number of rotatable bonds is 3. The van der Waals surface area contributed by atoms with Crippen molar-refractivity contribution in [3.8, 4) is 5.69 Å². The quantitative estimate of drug-likeness (QED) is 0.617. The molecule has 0 radical (unpaired) electrons. The second kappa shape index (κ2) is 6.18. The SMILES string of the molecule is Cc1nc(C(C)c2n[nH]c(=O)c3ccccc23)n(-c2ccc(F)cc2)n1. The van der Waals surface area contributed by atoms with E-state index in [4.69, 9.17) is 0 Å². The summed E-state index contributed by atoms with van der Waals surface area (Å²) in [7, 11) is 0. The Morgan fingerprint density at radius 2 is 1.77 bits per heavy atom. The van der Waals surface area contributed by atoms with Gasteiger partial charge in [-0.3, -0.25) is 4.79 Å². The van der Waals surface area contributed by atoms with Crippen molar-refractivity contribution < 1.29 is 4.39 Å². The third kappa shape index (κ3) is 2.67. The molecule has 0 saturated carbocycles. The van der Waals surface area contributed by atoms with Crippen LogP contribution in [-0.2, 0) is 0 Å². The number of aryl methyl sites for hydroxylation is 1. The van der Waals surface area contributed by atoms with Crippen molar-refractivity contribution in [1.29, 1.82) is 0 Å². The molecule has 26 heavy (non-hydrogen) atoms. The molecule has 0 bridgehead atoms. The summed E-state index contributed by atoms with van der Waals surface area (Å²) in [5.41, 5.74) is 1.19. The van der Waals surface area contributed by atoms with Crippen LogP contribution in [0.4, 0.5) is 4.39 Å². The summed E-state index contributed by atoms with van der Waals surface area (Å²) in [6, 6.07) is 13.4. The molecular formula is C19H16FN5O. The smallest absolute Gasteiger partial charge is 0.267 e. The van der Waals surface area contributed by atoms with Crippen molar-refractivity contribution in [2.24, 2.45) is 0 Å². The van der Waals surface area contributed by atoms with Crippen LogP contribution in [0.25, 0.3) is 16.5 Å². The van der Waals surface area contributed by atoms with Crippen molar-refractivity contribution in [3.63, 3.8) is 0 Å². The van der Waals surface area contributed by atoms with Gasteiger partial charge < -0.3 is 0 Å². The second-order valence-electron chi connectivity index (χ2n) is 6.11. The Bertz CT molecular complexity index is 1150. The number of benzene rings is 2. The number of fused-ring (bicyclic) bond motifs is 1. The van der Waals surface area contributed by atoms with E-state index in [1.807, 2.05) is 25.1 Å². The summed E-state index contributed by atoms with van der Waals surface area (Å²) in [6.07, 6.45) is 0. The maximum absolute atomic E-state index is 13.3. The molecule has 4 rings (SSSR count). The summed E-state index contributed by atoms with van der Waals surface area (Å²) in [4.78, 5) is 16.6. The number of nitrogens with zero attached hydrogens (tertiary/aromatic N) is 4. The molecule has 0 aliphatic heterocycles. The van der Waals surface area contributed by atoms with Gasteiger partial charge in [0.2, 0.25) is 0 Å². The molecule has 6 nitrogen and oxygen atoms in total. The van der Waals surface area contributed by atoms with Crippen molar-refractivity contribution in [2.75, 3.05) is 0 Å². The van der Waals surface area contributed by atoms with Crippen LogP contribution < -0.4 is 5.56 Å². The lowest BCUT2D eigenvalue weighted by molar-refractivity contribution is 0.626. The van der Waals surface area contributed by atoms with Gasteiger partial charge in [-0.1, -0.05) is 18.2 Å². The van der Waals surface area contributed by atoms with Crippen LogP contribution in [0, 0.1) is 12.7 Å². The predicted octanol–water partition coefficient (Wildman–Crippen LogP) is 3.10. The number of aromatic nitrogens is 5. The Balaban J connectivity index is 1.88. The molecule has 0 aliphatic carbocycles. The highest BCUT2D eigenvalue weighted by Crippen LogP contribution is 2.27. The zero-order chi connectivity index (χ0) is 18.3. The summed E-state index contributed by atoms with van der Waals surface area (Å²) in [5, 5.41) is 12.6. The van der Waals surface area contributed by atoms with Crippen molar-refractivity contribution in [1.82, 2.24) is 25.0 Å². The number of hydrogen-bond acceptors (Lipinski definition) is 4. The lowest BCUT2D eigenvalue weighted by Crippen LogP contribution is -2.15. The van der Waals surface area contributed by atoms with E-state index in [0.29, 0.717) is 28.4 Å². The highest BCUT2D eigenvalue weighted by atomic mass is 19.1. The monoisotopic (exact) mass is 349 g/mol. The molecule has 0 saturated heterocycles. The van der Waals surface area contributed by atoms with Crippen LogP contribution in [0.1, 0.15) is 30.2 Å². The standard InChI is InChI=1S/C19H16FN5O/c1-11(17-15-5-3-4-6-16(15)19(26)23-22-17)18-21-12(2)24-25(18)14-9-7-13(20)8-10-14/h3-11H,1-2H3,(H,23,26). The summed E-state index contributed by atoms with van der Waals surface area (Å²) < 4.78 is 14.9. The van der Waals surface area contributed by atoms with Gasteiger partial charge >= 0.3 is 0 Å². The van der Waals surface area contributed by atoms with Crippen LogP contribution in [0.5, 0.6) is 0 Å². The molecule has 1 atom stereocenters. The van der Waals surface area contributed by atoms with E-state index in [9.17, 15) is 9.18 Å². The van der Waals surface area contributed by atoms with E-state index in [0.717, 1.165) is 5.39 Å². The fourth-order valence-corrected chi connectivity index (χ4v) is 3.07. The van der Waals surface area contributed by atoms with E-state index < -0.39 is 0 Å². The van der Waals surface area contributed by atoms with E-state index >= 15 is 0 Å². The number of nitrogens with one attached hydrogen (secondary N) is 1. The largest absolute Gasteiger partial charge is 0.272 e. The Morgan fingerprint density at radius 3 is 2.50 bits per heavy atom. The molecule has 7 heteroatoms. The predicted molar refractivity (Wildman–Crippen MR) is 95.9 cm³/mol. The lowest BCUT2D eigenvalue weighted by Gasteiger charge is -2.14. The van der Waals surface area contributed by atoms with Gasteiger partial charge in [0, 0.05) is 5.39 Å². The molecule has 0 amide bonds. The molecule has 1 unspecified atom stereocenters. The topological polar surface area (TPSA) is 76.5 Å². The zero-order valence-corrected chi connectivity index (χ0v) is 14.3. The molecule has 2 aromatic heterocycles. The van der Waals surface area contributed by atoms with Crippen LogP contribution in [-0.4, -0.2) is 25.0 Å². The molecule has 4 aromatic rings. The molecule has 2 heterocycles. The second-order valence-corrected chi connectivity index (χ2v) is 6.11. The van der Waals surface area contributed by atoms with E-state index in [1.165, 1.54) is 12.1 Å². The number of hydrogen-bond donors (Lipinski definition) is 1. The first kappa shape index (κ1) is 16.1. The summed E-state index contributed by atoms with van der Waals surface area (Å²) >= 11 is 0. The highest BCUT2D eigenvalue weighted by molar-refractivity contribution is 5.84. The first-order valence-corrected chi connectivity index (χ1v) is 8.21. The summed E-state index contributed by atoms with van der Waals surface area (Å²) in [5.74, 6) is 0.722. The van der Waals surface area contributed by atoms with Gasteiger partial charge in [0.15, 0.2) is 0 Å². The zero-order valence-electron chi connectivity index (χ0n) is 14.3. The Labute approximate surface area is 148 Å². The Hall–Kier alpha value is -3.35. The number of aromatic amines is 1. The molecule has 0 spiro atoms. The average molecular weight is 349 g/mol.